The number of rotatable bonds is 5. The molecule has 3 aromatic heterocycles. The van der Waals surface area contributed by atoms with Crippen LogP contribution in [0.1, 0.15) is 11.3 Å². The molecule has 0 radical (unpaired) electrons. The smallest absolute Gasteiger partial charge is 0.206 e. The number of benzene rings is 1. The number of tetrazole rings is 1. The molecule has 0 bridgehead atoms. The number of thiophene rings is 1. The SMILES string of the molecule is OCc1cncn1Cc1ccc(-c2cscc2-c2nn[nH]n2)cc1. The number of aromatic amines is 1. The van der Waals surface area contributed by atoms with Crippen LogP contribution in [0.2, 0.25) is 0 Å². The minimum atomic E-state index is -0.0128. The van der Waals surface area contributed by atoms with Crippen LogP contribution in [0.15, 0.2) is 47.5 Å². The molecule has 1 aromatic carbocycles. The number of H-pyrrole nitrogens is 1. The summed E-state index contributed by atoms with van der Waals surface area (Å²) in [6, 6.07) is 8.31. The Hall–Kier alpha value is -2.84. The standard InChI is InChI=1S/C16H14N6OS/c23-7-13-5-17-10-22(13)6-11-1-3-12(4-2-11)14-8-24-9-15(14)16-18-20-21-19-16/h1-5,8-10,23H,6-7H2,(H,18,19,20,21). The molecule has 4 aromatic rings. The van der Waals surface area contributed by atoms with Crippen LogP contribution in [0.25, 0.3) is 22.5 Å². The third-order valence-electron chi connectivity index (χ3n) is 3.83. The minimum Gasteiger partial charge on any atom is -0.390 e. The van der Waals surface area contributed by atoms with Gasteiger partial charge in [0.2, 0.25) is 5.82 Å². The average Bonchev–Trinajstić information content (AvgIpc) is 3.36. The maximum Gasteiger partial charge on any atom is 0.206 e. The molecule has 0 aliphatic heterocycles. The van der Waals surface area contributed by atoms with E-state index in [2.05, 4.69) is 55.3 Å². The topological polar surface area (TPSA) is 92.5 Å². The first-order valence-corrected chi connectivity index (χ1v) is 8.28. The molecule has 3 heterocycles. The maximum atomic E-state index is 9.30. The lowest BCUT2D eigenvalue weighted by Crippen LogP contribution is -2.02. The lowest BCUT2D eigenvalue weighted by Gasteiger charge is -2.08. The highest BCUT2D eigenvalue weighted by molar-refractivity contribution is 7.08. The maximum absolute atomic E-state index is 9.30. The van der Waals surface area contributed by atoms with Crippen molar-refractivity contribution in [2.24, 2.45) is 0 Å². The zero-order valence-electron chi connectivity index (χ0n) is 12.6. The summed E-state index contributed by atoms with van der Waals surface area (Å²) in [5, 5.41) is 27.6. The highest BCUT2D eigenvalue weighted by Crippen LogP contribution is 2.33. The number of nitrogens with zero attached hydrogens (tertiary/aromatic N) is 5. The largest absolute Gasteiger partial charge is 0.390 e. The Balaban J connectivity index is 1.60. The molecule has 0 atom stereocenters. The first kappa shape index (κ1) is 14.7. The molecule has 0 spiro atoms. The number of imidazole rings is 1. The predicted octanol–water partition coefficient (Wildman–Crippen LogP) is 2.33. The average molecular weight is 338 g/mol. The summed E-state index contributed by atoms with van der Waals surface area (Å²) in [6.07, 6.45) is 3.41. The van der Waals surface area contributed by atoms with Crippen molar-refractivity contribution in [2.75, 3.05) is 0 Å². The van der Waals surface area contributed by atoms with Gasteiger partial charge in [-0.1, -0.05) is 24.3 Å². The van der Waals surface area contributed by atoms with Gasteiger partial charge in [0, 0.05) is 23.1 Å². The van der Waals surface area contributed by atoms with Gasteiger partial charge in [-0.25, -0.2) is 4.98 Å². The summed E-state index contributed by atoms with van der Waals surface area (Å²) in [6.45, 7) is 0.665. The predicted molar refractivity (Wildman–Crippen MR) is 90.2 cm³/mol. The van der Waals surface area contributed by atoms with E-state index in [1.807, 2.05) is 9.95 Å². The number of aliphatic hydroxyl groups is 1. The van der Waals surface area contributed by atoms with Crippen molar-refractivity contribution >= 4 is 11.3 Å². The van der Waals surface area contributed by atoms with E-state index >= 15 is 0 Å². The monoisotopic (exact) mass is 338 g/mol. The fourth-order valence-electron chi connectivity index (χ4n) is 2.58. The molecule has 120 valence electrons. The van der Waals surface area contributed by atoms with Gasteiger partial charge in [0.15, 0.2) is 0 Å². The van der Waals surface area contributed by atoms with E-state index < -0.39 is 0 Å². The molecule has 2 N–H and O–H groups in total. The molecule has 0 unspecified atom stereocenters. The molecular weight excluding hydrogens is 324 g/mol. The van der Waals surface area contributed by atoms with Crippen molar-refractivity contribution in [3.8, 4) is 22.5 Å². The lowest BCUT2D eigenvalue weighted by molar-refractivity contribution is 0.271. The number of nitrogens with one attached hydrogen (secondary N) is 1. The fourth-order valence-corrected chi connectivity index (χ4v) is 3.41. The highest BCUT2D eigenvalue weighted by atomic mass is 32.1. The Bertz CT molecular complexity index is 926. The van der Waals surface area contributed by atoms with Gasteiger partial charge in [-0.15, -0.1) is 10.2 Å². The van der Waals surface area contributed by atoms with Crippen LogP contribution in [0.5, 0.6) is 0 Å². The van der Waals surface area contributed by atoms with Crippen molar-refractivity contribution in [3.63, 3.8) is 0 Å². The molecule has 0 amide bonds. The Labute approximate surface area is 141 Å². The minimum absolute atomic E-state index is 0.0128. The first-order valence-electron chi connectivity index (χ1n) is 7.34. The van der Waals surface area contributed by atoms with Crippen molar-refractivity contribution in [2.45, 2.75) is 13.2 Å². The summed E-state index contributed by atoms with van der Waals surface area (Å²) in [7, 11) is 0. The summed E-state index contributed by atoms with van der Waals surface area (Å²) in [5.41, 5.74) is 5.11. The molecule has 7 nitrogen and oxygen atoms in total. The summed E-state index contributed by atoms with van der Waals surface area (Å²) >= 11 is 1.61. The molecule has 0 fully saturated rings. The van der Waals surface area contributed by atoms with Gasteiger partial charge in [0.05, 0.1) is 24.8 Å². The number of aromatic nitrogens is 6. The fraction of sp³-hybridized carbons (Fsp3) is 0.125. The van der Waals surface area contributed by atoms with Crippen molar-refractivity contribution in [3.05, 3.63) is 58.8 Å². The van der Waals surface area contributed by atoms with Crippen LogP contribution >= 0.6 is 11.3 Å². The normalized spacial score (nSPS) is 11.0. The van der Waals surface area contributed by atoms with E-state index in [9.17, 15) is 5.11 Å². The Kier molecular flexibility index (Phi) is 3.89. The third kappa shape index (κ3) is 2.72. The number of hydrogen-bond donors (Lipinski definition) is 2. The van der Waals surface area contributed by atoms with E-state index in [-0.39, 0.29) is 6.61 Å². The van der Waals surface area contributed by atoms with Gasteiger partial charge in [0.1, 0.15) is 0 Å². The van der Waals surface area contributed by atoms with E-state index in [0.717, 1.165) is 27.9 Å². The highest BCUT2D eigenvalue weighted by Gasteiger charge is 2.12. The van der Waals surface area contributed by atoms with Crippen LogP contribution in [-0.4, -0.2) is 35.3 Å². The molecule has 8 heteroatoms. The second kappa shape index (κ2) is 6.34. The molecular formula is C16H14N6OS. The third-order valence-corrected chi connectivity index (χ3v) is 4.57. The summed E-state index contributed by atoms with van der Waals surface area (Å²) in [5.74, 6) is 0.598. The second-order valence-electron chi connectivity index (χ2n) is 5.30. The zero-order valence-corrected chi connectivity index (χ0v) is 13.4. The molecule has 0 aliphatic rings. The van der Waals surface area contributed by atoms with Crippen LogP contribution < -0.4 is 0 Å². The molecule has 0 saturated carbocycles. The van der Waals surface area contributed by atoms with Gasteiger partial charge >= 0.3 is 0 Å². The zero-order chi connectivity index (χ0) is 16.4. The van der Waals surface area contributed by atoms with Crippen LogP contribution in [0, 0.1) is 0 Å². The second-order valence-corrected chi connectivity index (χ2v) is 6.05. The molecule has 24 heavy (non-hydrogen) atoms. The van der Waals surface area contributed by atoms with Crippen molar-refractivity contribution in [1.82, 2.24) is 30.2 Å². The molecule has 4 rings (SSSR count). The van der Waals surface area contributed by atoms with Crippen LogP contribution in [-0.2, 0) is 13.2 Å². The van der Waals surface area contributed by atoms with Crippen molar-refractivity contribution < 1.29 is 5.11 Å². The van der Waals surface area contributed by atoms with Gasteiger partial charge in [0.25, 0.3) is 0 Å². The Morgan fingerprint density at radius 1 is 1.12 bits per heavy atom. The van der Waals surface area contributed by atoms with Gasteiger partial charge < -0.3 is 9.67 Å². The van der Waals surface area contributed by atoms with Crippen molar-refractivity contribution in [1.29, 1.82) is 0 Å². The van der Waals surface area contributed by atoms with E-state index in [4.69, 9.17) is 0 Å². The molecule has 0 saturated heterocycles. The van der Waals surface area contributed by atoms with Crippen LogP contribution in [0.4, 0.5) is 0 Å². The number of hydrogen-bond acceptors (Lipinski definition) is 6. The lowest BCUT2D eigenvalue weighted by atomic mass is 10.0. The van der Waals surface area contributed by atoms with E-state index in [1.54, 1.807) is 23.9 Å². The van der Waals surface area contributed by atoms with E-state index in [1.165, 1.54) is 0 Å². The summed E-state index contributed by atoms with van der Waals surface area (Å²) < 4.78 is 1.93. The molecule has 0 aliphatic carbocycles. The van der Waals surface area contributed by atoms with E-state index in [0.29, 0.717) is 12.4 Å². The van der Waals surface area contributed by atoms with Gasteiger partial charge in [-0.3, -0.25) is 0 Å². The van der Waals surface area contributed by atoms with Gasteiger partial charge in [-0.2, -0.15) is 16.6 Å². The quantitative estimate of drug-likeness (QED) is 0.583. The summed E-state index contributed by atoms with van der Waals surface area (Å²) in [4.78, 5) is 4.07. The Morgan fingerprint density at radius 2 is 1.96 bits per heavy atom. The first-order chi connectivity index (χ1) is 11.8. The van der Waals surface area contributed by atoms with Crippen LogP contribution in [0.3, 0.4) is 0 Å². The Morgan fingerprint density at radius 3 is 2.71 bits per heavy atom. The number of aliphatic hydroxyl groups excluding tert-OH is 1. The van der Waals surface area contributed by atoms with Gasteiger partial charge in [-0.05, 0) is 21.7 Å².